The van der Waals surface area contributed by atoms with Gasteiger partial charge in [-0.1, -0.05) is 58.4 Å². The molecule has 1 heterocycles. The lowest BCUT2D eigenvalue weighted by molar-refractivity contribution is 0.603. The van der Waals surface area contributed by atoms with Crippen molar-refractivity contribution in [3.63, 3.8) is 0 Å². The molecular weight excluding hydrogens is 316 g/mol. The minimum atomic E-state index is 0.429. The average molecular weight is 329 g/mol. The Morgan fingerprint density at radius 3 is 2.74 bits per heavy atom. The van der Waals surface area contributed by atoms with E-state index in [-0.39, 0.29) is 0 Å². The molecule has 0 saturated carbocycles. The van der Waals surface area contributed by atoms with Gasteiger partial charge in [0, 0.05) is 15.4 Å². The van der Waals surface area contributed by atoms with E-state index in [1.807, 2.05) is 11.3 Å². The minimum absolute atomic E-state index is 0.429. The van der Waals surface area contributed by atoms with E-state index in [4.69, 9.17) is 0 Å². The second-order valence-corrected chi connectivity index (χ2v) is 7.00. The Bertz CT molecular complexity index is 744. The van der Waals surface area contributed by atoms with Crippen molar-refractivity contribution in [1.82, 2.24) is 0 Å². The third kappa shape index (κ3) is 1.78. The molecule has 0 amide bonds. The van der Waals surface area contributed by atoms with Crippen molar-refractivity contribution in [2.75, 3.05) is 0 Å². The maximum Gasteiger partial charge on any atom is 0.0481 e. The second-order valence-electron chi connectivity index (χ2n) is 5.10. The third-order valence-electron chi connectivity index (χ3n) is 4.06. The molecule has 2 heteroatoms. The summed E-state index contributed by atoms with van der Waals surface area (Å²) in [6, 6.07) is 17.5. The summed E-state index contributed by atoms with van der Waals surface area (Å²) < 4.78 is 1.38. The number of thiophene rings is 1. The van der Waals surface area contributed by atoms with Crippen LogP contribution in [0.15, 0.2) is 53.9 Å². The lowest BCUT2D eigenvalue weighted by Crippen LogP contribution is -2.20. The van der Waals surface area contributed by atoms with Crippen molar-refractivity contribution in [3.8, 4) is 0 Å². The zero-order valence-electron chi connectivity index (χ0n) is 10.3. The van der Waals surface area contributed by atoms with Gasteiger partial charge in [0.1, 0.15) is 0 Å². The van der Waals surface area contributed by atoms with Crippen LogP contribution in [0.4, 0.5) is 0 Å². The summed E-state index contributed by atoms with van der Waals surface area (Å²) in [5.74, 6) is 0.620. The van der Waals surface area contributed by atoms with Gasteiger partial charge < -0.3 is 0 Å². The molecule has 94 valence electrons. The largest absolute Gasteiger partial charge is 0.143 e. The first-order valence-corrected chi connectivity index (χ1v) is 8.32. The number of halogens is 1. The fourth-order valence-electron chi connectivity index (χ4n) is 2.99. The molecule has 19 heavy (non-hydrogen) atoms. The van der Waals surface area contributed by atoms with Gasteiger partial charge in [0.15, 0.2) is 0 Å². The van der Waals surface area contributed by atoms with E-state index in [0.717, 1.165) is 0 Å². The van der Waals surface area contributed by atoms with Crippen LogP contribution in [-0.4, -0.2) is 0 Å². The molecule has 0 radical (unpaired) electrons. The van der Waals surface area contributed by atoms with Crippen LogP contribution in [0.3, 0.4) is 0 Å². The highest BCUT2D eigenvalue weighted by Crippen LogP contribution is 2.50. The third-order valence-corrected chi connectivity index (χ3v) is 6.17. The van der Waals surface area contributed by atoms with Gasteiger partial charge in [-0.2, -0.15) is 0 Å². The Kier molecular flexibility index (Phi) is 2.75. The van der Waals surface area contributed by atoms with Crippen LogP contribution in [0.2, 0.25) is 0 Å². The molecule has 0 fully saturated rings. The molecule has 2 unspecified atom stereocenters. The number of fused-ring (bicyclic) bond motifs is 2. The molecule has 0 bridgehead atoms. The van der Waals surface area contributed by atoms with Crippen molar-refractivity contribution in [3.05, 3.63) is 70.6 Å². The molecule has 2 aromatic carbocycles. The normalized spacial score (nSPS) is 18.9. The lowest BCUT2D eigenvalue weighted by atomic mass is 9.74. The van der Waals surface area contributed by atoms with Crippen LogP contribution in [-0.2, 0) is 6.42 Å². The van der Waals surface area contributed by atoms with Crippen LogP contribution in [0.5, 0.6) is 0 Å². The van der Waals surface area contributed by atoms with E-state index in [9.17, 15) is 0 Å². The van der Waals surface area contributed by atoms with Gasteiger partial charge in [0.2, 0.25) is 0 Å². The molecule has 4 rings (SSSR count). The van der Waals surface area contributed by atoms with E-state index in [2.05, 4.69) is 69.8 Å². The fraction of sp³-hybridized carbons (Fsp3) is 0.176. The highest BCUT2D eigenvalue weighted by Gasteiger charge is 2.33. The zero-order chi connectivity index (χ0) is 12.8. The maximum atomic E-state index is 3.94. The lowest BCUT2D eigenvalue weighted by Gasteiger charge is -2.33. The predicted octanol–water partition coefficient (Wildman–Crippen LogP) is 5.68. The Labute approximate surface area is 125 Å². The van der Waals surface area contributed by atoms with Crippen LogP contribution >= 0.6 is 27.3 Å². The van der Waals surface area contributed by atoms with E-state index in [1.165, 1.54) is 33.2 Å². The molecule has 0 saturated heterocycles. The Balaban J connectivity index is 1.74. The SMILES string of the molecule is BrC(c1csc2ccccc12)C1Cc2ccccc21. The minimum Gasteiger partial charge on any atom is -0.143 e. The zero-order valence-corrected chi connectivity index (χ0v) is 12.7. The van der Waals surface area contributed by atoms with Crippen molar-refractivity contribution in [1.29, 1.82) is 0 Å². The van der Waals surface area contributed by atoms with Crippen LogP contribution in [0, 0.1) is 0 Å². The Morgan fingerprint density at radius 2 is 1.84 bits per heavy atom. The number of alkyl halides is 1. The molecule has 0 N–H and O–H groups in total. The highest BCUT2D eigenvalue weighted by atomic mass is 79.9. The topological polar surface area (TPSA) is 0 Å². The molecule has 1 aromatic heterocycles. The standard InChI is InChI=1S/C17H13BrS/c18-17(14-9-11-5-1-2-6-12(11)14)15-10-19-16-8-4-3-7-13(15)16/h1-8,10,14,17H,9H2. The average Bonchev–Trinajstić information content (AvgIpc) is 2.84. The van der Waals surface area contributed by atoms with Crippen molar-refractivity contribution in [2.45, 2.75) is 17.2 Å². The predicted molar refractivity (Wildman–Crippen MR) is 86.4 cm³/mol. The molecule has 1 aliphatic rings. The molecule has 1 aliphatic carbocycles. The number of hydrogen-bond donors (Lipinski definition) is 0. The highest BCUT2D eigenvalue weighted by molar-refractivity contribution is 9.09. The van der Waals surface area contributed by atoms with Gasteiger partial charge in [-0.25, -0.2) is 0 Å². The van der Waals surface area contributed by atoms with Crippen LogP contribution < -0.4 is 0 Å². The summed E-state index contributed by atoms with van der Waals surface area (Å²) in [6.45, 7) is 0. The van der Waals surface area contributed by atoms with Gasteiger partial charge in [0.05, 0.1) is 0 Å². The van der Waals surface area contributed by atoms with Gasteiger partial charge in [-0.3, -0.25) is 0 Å². The summed E-state index contributed by atoms with van der Waals surface area (Å²) >= 11 is 5.79. The molecular formula is C17H13BrS. The van der Waals surface area contributed by atoms with Gasteiger partial charge in [-0.05, 0) is 39.9 Å². The summed E-state index contributed by atoms with van der Waals surface area (Å²) in [5.41, 5.74) is 4.47. The summed E-state index contributed by atoms with van der Waals surface area (Å²) in [5, 5.41) is 3.71. The monoisotopic (exact) mass is 328 g/mol. The van der Waals surface area contributed by atoms with E-state index >= 15 is 0 Å². The van der Waals surface area contributed by atoms with Gasteiger partial charge in [-0.15, -0.1) is 11.3 Å². The maximum absolute atomic E-state index is 3.94. The van der Waals surface area contributed by atoms with Gasteiger partial charge >= 0.3 is 0 Å². The number of hydrogen-bond acceptors (Lipinski definition) is 1. The van der Waals surface area contributed by atoms with Crippen LogP contribution in [0.1, 0.15) is 27.4 Å². The number of benzene rings is 2. The smallest absolute Gasteiger partial charge is 0.0481 e. The molecule has 3 aromatic rings. The quantitative estimate of drug-likeness (QED) is 0.531. The molecule has 0 spiro atoms. The Hall–Kier alpha value is -1.12. The fourth-order valence-corrected chi connectivity index (χ4v) is 5.01. The van der Waals surface area contributed by atoms with Crippen LogP contribution in [0.25, 0.3) is 10.1 Å². The number of rotatable bonds is 2. The molecule has 0 nitrogen and oxygen atoms in total. The second kappa shape index (κ2) is 4.46. The van der Waals surface area contributed by atoms with Crippen molar-refractivity contribution >= 4 is 37.4 Å². The molecule has 2 atom stereocenters. The first-order valence-electron chi connectivity index (χ1n) is 6.52. The first-order chi connectivity index (χ1) is 9.34. The van der Waals surface area contributed by atoms with E-state index in [0.29, 0.717) is 10.7 Å². The van der Waals surface area contributed by atoms with E-state index < -0.39 is 0 Å². The van der Waals surface area contributed by atoms with E-state index in [1.54, 1.807) is 0 Å². The molecule has 0 aliphatic heterocycles. The van der Waals surface area contributed by atoms with Gasteiger partial charge in [0.25, 0.3) is 0 Å². The summed E-state index contributed by atoms with van der Waals surface area (Å²) in [7, 11) is 0. The van der Waals surface area contributed by atoms with Crippen molar-refractivity contribution in [2.24, 2.45) is 0 Å². The Morgan fingerprint density at radius 1 is 1.05 bits per heavy atom. The first kappa shape index (κ1) is 11.7. The summed E-state index contributed by atoms with van der Waals surface area (Å²) in [4.78, 5) is 0.429. The van der Waals surface area contributed by atoms with Crippen molar-refractivity contribution < 1.29 is 0 Å². The summed E-state index contributed by atoms with van der Waals surface area (Å²) in [6.07, 6.45) is 1.19.